The van der Waals surface area contributed by atoms with Gasteiger partial charge in [0, 0.05) is 25.4 Å². The number of rotatable bonds is 8. The van der Waals surface area contributed by atoms with Gasteiger partial charge in [0.05, 0.1) is 6.10 Å². The predicted octanol–water partition coefficient (Wildman–Crippen LogP) is 2.47. The molecule has 0 saturated carbocycles. The molecule has 1 aliphatic rings. The molecule has 0 spiro atoms. The van der Waals surface area contributed by atoms with Crippen molar-refractivity contribution in [2.75, 3.05) is 13.2 Å². The van der Waals surface area contributed by atoms with Gasteiger partial charge in [0.1, 0.15) is 6.10 Å². The topological polar surface area (TPSA) is 70.8 Å². The minimum Gasteiger partial charge on any atom is -0.462 e. The SMILES string of the molecule is CC[C@H]1O[C@@H](OCCCCCN)[C@H](C)[C@@H](OC(C)=O)[C@H]1C. The van der Waals surface area contributed by atoms with Crippen LogP contribution in [0.2, 0.25) is 0 Å². The van der Waals surface area contributed by atoms with Crippen molar-refractivity contribution in [1.29, 1.82) is 0 Å². The lowest BCUT2D eigenvalue weighted by atomic mass is 9.84. The first kappa shape index (κ1) is 18.4. The summed E-state index contributed by atoms with van der Waals surface area (Å²) in [5.74, 6) is -0.00986. The van der Waals surface area contributed by atoms with Gasteiger partial charge in [-0.1, -0.05) is 20.8 Å². The monoisotopic (exact) mass is 301 g/mol. The molecule has 1 saturated heterocycles. The number of carbonyl (C=O) groups is 1. The second kappa shape index (κ2) is 9.38. The first-order chi connectivity index (χ1) is 10.0. The van der Waals surface area contributed by atoms with Gasteiger partial charge < -0.3 is 19.9 Å². The lowest BCUT2D eigenvalue weighted by Gasteiger charge is -2.43. The maximum atomic E-state index is 11.3. The lowest BCUT2D eigenvalue weighted by molar-refractivity contribution is -0.265. The average molecular weight is 301 g/mol. The molecule has 5 nitrogen and oxygen atoms in total. The molecule has 0 amide bonds. The van der Waals surface area contributed by atoms with Crippen LogP contribution in [0, 0.1) is 11.8 Å². The third-order valence-electron chi connectivity index (χ3n) is 4.20. The van der Waals surface area contributed by atoms with Crippen molar-refractivity contribution in [3.8, 4) is 0 Å². The first-order valence-electron chi connectivity index (χ1n) is 8.15. The summed E-state index contributed by atoms with van der Waals surface area (Å²) in [6.45, 7) is 9.03. The summed E-state index contributed by atoms with van der Waals surface area (Å²) in [5, 5.41) is 0. The number of hydrogen-bond donors (Lipinski definition) is 1. The largest absolute Gasteiger partial charge is 0.462 e. The Morgan fingerprint density at radius 3 is 2.48 bits per heavy atom. The number of hydrogen-bond acceptors (Lipinski definition) is 5. The third-order valence-corrected chi connectivity index (χ3v) is 4.20. The van der Waals surface area contributed by atoms with E-state index in [0.717, 1.165) is 32.2 Å². The van der Waals surface area contributed by atoms with Gasteiger partial charge in [0.25, 0.3) is 0 Å². The Kier molecular flexibility index (Phi) is 8.22. The maximum Gasteiger partial charge on any atom is 0.302 e. The smallest absolute Gasteiger partial charge is 0.302 e. The highest BCUT2D eigenvalue weighted by Gasteiger charge is 2.43. The van der Waals surface area contributed by atoms with Crippen molar-refractivity contribution < 1.29 is 19.0 Å². The zero-order valence-electron chi connectivity index (χ0n) is 13.8. The highest BCUT2D eigenvalue weighted by Crippen LogP contribution is 2.34. The van der Waals surface area contributed by atoms with Gasteiger partial charge in [-0.2, -0.15) is 0 Å². The molecule has 124 valence electrons. The Balaban J connectivity index is 2.55. The van der Waals surface area contributed by atoms with Gasteiger partial charge in [-0.25, -0.2) is 0 Å². The Bertz CT molecular complexity index is 311. The van der Waals surface area contributed by atoms with Crippen molar-refractivity contribution in [1.82, 2.24) is 0 Å². The fourth-order valence-corrected chi connectivity index (χ4v) is 2.95. The Labute approximate surface area is 128 Å². The molecule has 0 aromatic carbocycles. The molecule has 1 heterocycles. The normalized spacial score (nSPS) is 32.9. The molecule has 5 heteroatoms. The Hall–Kier alpha value is -0.650. The second-order valence-electron chi connectivity index (χ2n) is 5.96. The Morgan fingerprint density at radius 1 is 1.19 bits per heavy atom. The molecule has 0 radical (unpaired) electrons. The van der Waals surface area contributed by atoms with Crippen LogP contribution in [-0.2, 0) is 19.0 Å². The van der Waals surface area contributed by atoms with Crippen molar-refractivity contribution in [3.63, 3.8) is 0 Å². The summed E-state index contributed by atoms with van der Waals surface area (Å²) in [6.07, 6.45) is 3.59. The van der Waals surface area contributed by atoms with Crippen LogP contribution in [-0.4, -0.2) is 37.6 Å². The molecule has 0 bridgehead atoms. The van der Waals surface area contributed by atoms with E-state index in [4.69, 9.17) is 19.9 Å². The first-order valence-corrected chi connectivity index (χ1v) is 8.15. The van der Waals surface area contributed by atoms with Gasteiger partial charge in [-0.3, -0.25) is 4.79 Å². The van der Waals surface area contributed by atoms with E-state index in [1.54, 1.807) is 0 Å². The zero-order chi connectivity index (χ0) is 15.8. The van der Waals surface area contributed by atoms with E-state index >= 15 is 0 Å². The summed E-state index contributed by atoms with van der Waals surface area (Å²) in [6, 6.07) is 0. The zero-order valence-corrected chi connectivity index (χ0v) is 13.8. The van der Waals surface area contributed by atoms with Gasteiger partial charge >= 0.3 is 5.97 Å². The number of unbranched alkanes of at least 4 members (excludes halogenated alkanes) is 2. The molecular weight excluding hydrogens is 270 g/mol. The molecule has 5 atom stereocenters. The predicted molar refractivity (Wildman–Crippen MR) is 81.7 cm³/mol. The van der Waals surface area contributed by atoms with Crippen LogP contribution in [0.5, 0.6) is 0 Å². The molecular formula is C16H31NO4. The minimum atomic E-state index is -0.298. The quantitative estimate of drug-likeness (QED) is 0.551. The molecule has 0 aromatic rings. The van der Waals surface area contributed by atoms with E-state index in [-0.39, 0.29) is 36.3 Å². The summed E-state index contributed by atoms with van der Waals surface area (Å²) in [7, 11) is 0. The molecule has 0 aromatic heterocycles. The van der Waals surface area contributed by atoms with Gasteiger partial charge in [0.2, 0.25) is 0 Å². The van der Waals surface area contributed by atoms with Crippen LogP contribution in [0.3, 0.4) is 0 Å². The highest BCUT2D eigenvalue weighted by atomic mass is 16.7. The lowest BCUT2D eigenvalue weighted by Crippen LogP contribution is -2.51. The number of ether oxygens (including phenoxy) is 3. The number of esters is 1. The van der Waals surface area contributed by atoms with Crippen LogP contribution in [0.1, 0.15) is 53.4 Å². The van der Waals surface area contributed by atoms with Crippen LogP contribution >= 0.6 is 0 Å². The summed E-state index contributed by atoms with van der Waals surface area (Å²) < 4.78 is 17.4. The molecule has 2 N–H and O–H groups in total. The third kappa shape index (κ3) is 5.57. The average Bonchev–Trinajstić information content (AvgIpc) is 2.45. The number of nitrogens with two attached hydrogens (primary N) is 1. The summed E-state index contributed by atoms with van der Waals surface area (Å²) >= 11 is 0. The maximum absolute atomic E-state index is 11.3. The Morgan fingerprint density at radius 2 is 1.90 bits per heavy atom. The van der Waals surface area contributed by atoms with Crippen LogP contribution in [0.4, 0.5) is 0 Å². The van der Waals surface area contributed by atoms with Crippen LogP contribution in [0.15, 0.2) is 0 Å². The standard InChI is InChI=1S/C16H31NO4/c1-5-14-11(2)15(20-13(4)18)12(3)16(21-14)19-10-8-6-7-9-17/h11-12,14-16H,5-10,17H2,1-4H3/t11-,12+,14+,15-,16+/m0/s1. The van der Waals surface area contributed by atoms with Crippen LogP contribution in [0.25, 0.3) is 0 Å². The van der Waals surface area contributed by atoms with Gasteiger partial charge in [-0.05, 0) is 32.2 Å². The van der Waals surface area contributed by atoms with E-state index in [0.29, 0.717) is 6.61 Å². The van der Waals surface area contributed by atoms with Crippen LogP contribution < -0.4 is 5.73 Å². The van der Waals surface area contributed by atoms with Gasteiger partial charge in [0.15, 0.2) is 6.29 Å². The van der Waals surface area contributed by atoms with E-state index in [1.165, 1.54) is 6.92 Å². The highest BCUT2D eigenvalue weighted by molar-refractivity contribution is 5.66. The van der Waals surface area contributed by atoms with E-state index in [1.807, 2.05) is 6.92 Å². The fourth-order valence-electron chi connectivity index (χ4n) is 2.95. The summed E-state index contributed by atoms with van der Waals surface area (Å²) in [4.78, 5) is 11.3. The van der Waals surface area contributed by atoms with E-state index in [9.17, 15) is 4.79 Å². The van der Waals surface area contributed by atoms with Crippen molar-refractivity contribution in [2.24, 2.45) is 17.6 Å². The molecule has 1 fully saturated rings. The molecule has 21 heavy (non-hydrogen) atoms. The minimum absolute atomic E-state index is 0.0428. The van der Waals surface area contributed by atoms with Crippen molar-refractivity contribution in [3.05, 3.63) is 0 Å². The molecule has 0 aliphatic carbocycles. The fraction of sp³-hybridized carbons (Fsp3) is 0.938. The van der Waals surface area contributed by atoms with E-state index in [2.05, 4.69) is 13.8 Å². The summed E-state index contributed by atoms with van der Waals surface area (Å²) in [5.41, 5.74) is 5.48. The second-order valence-corrected chi connectivity index (χ2v) is 5.96. The van der Waals surface area contributed by atoms with Gasteiger partial charge in [-0.15, -0.1) is 0 Å². The van der Waals surface area contributed by atoms with E-state index < -0.39 is 0 Å². The van der Waals surface area contributed by atoms with Crippen molar-refractivity contribution >= 4 is 5.97 Å². The number of carbonyl (C=O) groups excluding carboxylic acids is 1. The molecule has 0 unspecified atom stereocenters. The molecule has 1 rings (SSSR count). The molecule has 1 aliphatic heterocycles. The van der Waals surface area contributed by atoms with Crippen molar-refractivity contribution in [2.45, 2.75) is 71.9 Å².